The summed E-state index contributed by atoms with van der Waals surface area (Å²) < 4.78 is 17.6. The van der Waals surface area contributed by atoms with Gasteiger partial charge in [-0.15, -0.1) is 0 Å². The molecule has 0 fully saturated rings. The highest BCUT2D eigenvalue weighted by molar-refractivity contribution is 5.84. The van der Waals surface area contributed by atoms with Gasteiger partial charge in [0.05, 0.1) is 5.69 Å². The van der Waals surface area contributed by atoms with Crippen LogP contribution in [-0.2, 0) is 4.74 Å². The van der Waals surface area contributed by atoms with Gasteiger partial charge in [0.2, 0.25) is 0 Å². The van der Waals surface area contributed by atoms with Crippen molar-refractivity contribution in [1.82, 2.24) is 0 Å². The normalized spacial score (nSPS) is 9.21. The van der Waals surface area contributed by atoms with Crippen LogP contribution >= 0.6 is 0 Å². The molecule has 0 heterocycles. The van der Waals surface area contributed by atoms with Crippen molar-refractivity contribution in [3.05, 3.63) is 42.7 Å². The van der Waals surface area contributed by atoms with Gasteiger partial charge in [-0.25, -0.2) is 9.18 Å². The van der Waals surface area contributed by atoms with Crippen molar-refractivity contribution in [3.8, 4) is 0 Å². The minimum atomic E-state index is -0.719. The van der Waals surface area contributed by atoms with Crippen LogP contribution in [0.2, 0.25) is 0 Å². The van der Waals surface area contributed by atoms with Gasteiger partial charge in [0.15, 0.2) is 0 Å². The molecular weight excluding hydrogens is 185 g/mol. The Balaban J connectivity index is 2.56. The van der Waals surface area contributed by atoms with Crippen molar-refractivity contribution in [3.63, 3.8) is 0 Å². The summed E-state index contributed by atoms with van der Waals surface area (Å²) >= 11 is 0. The Labute approximate surface area is 81.2 Å². The summed E-state index contributed by atoms with van der Waals surface area (Å²) in [5.41, 5.74) is 0.0431. The highest BCUT2D eigenvalue weighted by atomic mass is 19.1. The number of carbonyl (C=O) groups excluding carboxylic acids is 1. The molecule has 0 saturated heterocycles. The maximum Gasteiger partial charge on any atom is 0.412 e. The zero-order chi connectivity index (χ0) is 10.4. The fraction of sp³-hybridized carbons (Fsp3) is 0.100. The summed E-state index contributed by atoms with van der Waals surface area (Å²) in [6.07, 6.45) is 0.705. The number of halogens is 1. The standard InChI is InChI=1S/C10H9FNO2/c1-2-7-14-10(13)12-9-6-4-3-5-8(9)11/h2-3,5-6H,1,7H2,(H,12,13). The van der Waals surface area contributed by atoms with Crippen LogP contribution in [-0.4, -0.2) is 12.7 Å². The topological polar surface area (TPSA) is 38.3 Å². The number of amides is 1. The van der Waals surface area contributed by atoms with Gasteiger partial charge in [-0.3, -0.25) is 5.32 Å². The highest BCUT2D eigenvalue weighted by Gasteiger charge is 2.05. The molecule has 14 heavy (non-hydrogen) atoms. The largest absolute Gasteiger partial charge is 0.445 e. The van der Waals surface area contributed by atoms with E-state index in [1.54, 1.807) is 0 Å². The third-order valence-corrected chi connectivity index (χ3v) is 1.38. The second-order valence-electron chi connectivity index (χ2n) is 2.42. The van der Waals surface area contributed by atoms with E-state index in [1.165, 1.54) is 24.3 Å². The molecule has 3 nitrogen and oxygen atoms in total. The van der Waals surface area contributed by atoms with E-state index in [2.05, 4.69) is 22.7 Å². The second kappa shape index (κ2) is 5.01. The van der Waals surface area contributed by atoms with Gasteiger partial charge in [-0.05, 0) is 18.2 Å². The van der Waals surface area contributed by atoms with E-state index in [4.69, 9.17) is 0 Å². The number of carbonyl (C=O) groups is 1. The Hall–Kier alpha value is -1.84. The zero-order valence-electron chi connectivity index (χ0n) is 7.42. The first-order valence-electron chi connectivity index (χ1n) is 3.94. The summed E-state index contributed by atoms with van der Waals surface area (Å²) in [5, 5.41) is 2.23. The van der Waals surface area contributed by atoms with Gasteiger partial charge in [0, 0.05) is 0 Å². The molecule has 0 aliphatic carbocycles. The Morgan fingerprint density at radius 1 is 1.79 bits per heavy atom. The van der Waals surface area contributed by atoms with Gasteiger partial charge < -0.3 is 4.74 Å². The summed E-state index contributed by atoms with van der Waals surface area (Å²) in [6.45, 7) is 3.46. The van der Waals surface area contributed by atoms with Gasteiger partial charge >= 0.3 is 6.09 Å². The monoisotopic (exact) mass is 194 g/mol. The van der Waals surface area contributed by atoms with Crippen LogP contribution in [0.4, 0.5) is 14.9 Å². The fourth-order valence-electron chi connectivity index (χ4n) is 0.788. The van der Waals surface area contributed by atoms with Crippen molar-refractivity contribution in [1.29, 1.82) is 0 Å². The van der Waals surface area contributed by atoms with Crippen LogP contribution in [0.25, 0.3) is 0 Å². The molecule has 0 aliphatic rings. The molecule has 1 rings (SSSR count). The van der Waals surface area contributed by atoms with Crippen molar-refractivity contribution in [2.24, 2.45) is 0 Å². The van der Waals surface area contributed by atoms with E-state index in [1.807, 2.05) is 0 Å². The Morgan fingerprint density at radius 2 is 2.57 bits per heavy atom. The van der Waals surface area contributed by atoms with Crippen LogP contribution in [0.5, 0.6) is 0 Å². The molecule has 1 radical (unpaired) electrons. The second-order valence-corrected chi connectivity index (χ2v) is 2.42. The molecular formula is C10H9FNO2. The van der Waals surface area contributed by atoms with E-state index < -0.39 is 11.9 Å². The number of nitrogens with one attached hydrogen (secondary N) is 1. The quantitative estimate of drug-likeness (QED) is 0.750. The number of anilines is 1. The maximum absolute atomic E-state index is 13.0. The lowest BCUT2D eigenvalue weighted by Crippen LogP contribution is -2.14. The van der Waals surface area contributed by atoms with E-state index in [-0.39, 0.29) is 12.3 Å². The molecule has 1 aromatic rings. The highest BCUT2D eigenvalue weighted by Crippen LogP contribution is 2.11. The van der Waals surface area contributed by atoms with Crippen LogP contribution in [0, 0.1) is 11.9 Å². The first-order chi connectivity index (χ1) is 6.74. The molecule has 0 aromatic heterocycles. The van der Waals surface area contributed by atoms with Crippen molar-refractivity contribution < 1.29 is 13.9 Å². The predicted molar refractivity (Wildman–Crippen MR) is 50.4 cm³/mol. The molecule has 73 valence electrons. The molecule has 1 amide bonds. The molecule has 0 atom stereocenters. The third kappa shape index (κ3) is 2.90. The van der Waals surface area contributed by atoms with Gasteiger partial charge in [-0.1, -0.05) is 18.7 Å². The molecule has 0 saturated carbocycles. The van der Waals surface area contributed by atoms with E-state index >= 15 is 0 Å². The molecule has 0 spiro atoms. The first-order valence-corrected chi connectivity index (χ1v) is 3.94. The Morgan fingerprint density at radius 3 is 3.21 bits per heavy atom. The SMILES string of the molecule is C=CCOC(=O)Nc1c[c]ccc1F. The number of ether oxygens (including phenoxy) is 1. The fourth-order valence-corrected chi connectivity index (χ4v) is 0.788. The summed E-state index contributed by atoms with van der Waals surface area (Å²) in [7, 11) is 0. The Kier molecular flexibility index (Phi) is 3.67. The van der Waals surface area contributed by atoms with Gasteiger partial charge in [0.1, 0.15) is 12.4 Å². The molecule has 0 unspecified atom stereocenters. The number of rotatable bonds is 3. The Bertz CT molecular complexity index is 339. The predicted octanol–water partition coefficient (Wildman–Crippen LogP) is 2.36. The minimum absolute atomic E-state index is 0.0431. The maximum atomic E-state index is 13.0. The molecule has 4 heteroatoms. The smallest absolute Gasteiger partial charge is 0.412 e. The van der Waals surface area contributed by atoms with Crippen molar-refractivity contribution in [2.75, 3.05) is 11.9 Å². The van der Waals surface area contributed by atoms with Crippen molar-refractivity contribution >= 4 is 11.8 Å². The molecule has 1 aromatic carbocycles. The number of hydrogen-bond donors (Lipinski definition) is 1. The minimum Gasteiger partial charge on any atom is -0.445 e. The number of benzene rings is 1. The molecule has 1 N–H and O–H groups in total. The zero-order valence-corrected chi connectivity index (χ0v) is 7.42. The molecule has 0 bridgehead atoms. The first kappa shape index (κ1) is 10.2. The van der Waals surface area contributed by atoms with Crippen LogP contribution in [0.3, 0.4) is 0 Å². The van der Waals surface area contributed by atoms with Crippen LogP contribution in [0.15, 0.2) is 30.9 Å². The van der Waals surface area contributed by atoms with Gasteiger partial charge in [0.25, 0.3) is 0 Å². The third-order valence-electron chi connectivity index (χ3n) is 1.38. The lowest BCUT2D eigenvalue weighted by atomic mass is 10.3. The van der Waals surface area contributed by atoms with Gasteiger partial charge in [-0.2, -0.15) is 0 Å². The van der Waals surface area contributed by atoms with Crippen LogP contribution in [0.1, 0.15) is 0 Å². The van der Waals surface area contributed by atoms with E-state index in [0.717, 1.165) is 0 Å². The average molecular weight is 194 g/mol. The summed E-state index contributed by atoms with van der Waals surface area (Å²) in [4.78, 5) is 11.0. The lowest BCUT2D eigenvalue weighted by molar-refractivity contribution is 0.174. The van der Waals surface area contributed by atoms with E-state index in [9.17, 15) is 9.18 Å². The summed E-state index contributed by atoms with van der Waals surface area (Å²) in [6, 6.07) is 6.57. The average Bonchev–Trinajstić information content (AvgIpc) is 2.18. The van der Waals surface area contributed by atoms with Crippen molar-refractivity contribution in [2.45, 2.75) is 0 Å². The molecule has 0 aliphatic heterocycles. The van der Waals surface area contributed by atoms with Crippen LogP contribution < -0.4 is 5.32 Å². The van der Waals surface area contributed by atoms with E-state index in [0.29, 0.717) is 0 Å². The number of hydrogen-bond acceptors (Lipinski definition) is 2. The summed E-state index contributed by atoms with van der Waals surface area (Å²) in [5.74, 6) is -0.528. The lowest BCUT2D eigenvalue weighted by Gasteiger charge is -2.05.